The van der Waals surface area contributed by atoms with Crippen molar-refractivity contribution in [2.45, 2.75) is 26.2 Å². The Morgan fingerprint density at radius 1 is 1.41 bits per heavy atom. The molecule has 0 radical (unpaired) electrons. The quantitative estimate of drug-likeness (QED) is 0.805. The minimum Gasteiger partial charge on any atom is -0.378 e. The van der Waals surface area contributed by atoms with E-state index in [9.17, 15) is 4.39 Å². The van der Waals surface area contributed by atoms with Crippen LogP contribution in [0.4, 0.5) is 10.2 Å². The highest BCUT2D eigenvalue weighted by Gasteiger charge is 2.16. The van der Waals surface area contributed by atoms with E-state index in [1.165, 1.54) is 0 Å². The standard InChI is InChI=1S/C13H19FN2O/c1-2-3-4-11-9-12(14)13(15-10-11)16-5-7-17-8-6-16/h9-10H,2-8H2,1H3. The van der Waals surface area contributed by atoms with Crippen LogP contribution in [0.3, 0.4) is 0 Å². The zero-order valence-corrected chi connectivity index (χ0v) is 10.3. The first-order valence-corrected chi connectivity index (χ1v) is 6.28. The van der Waals surface area contributed by atoms with E-state index >= 15 is 0 Å². The predicted octanol–water partition coefficient (Wildman–Crippen LogP) is 2.40. The molecule has 0 N–H and O–H groups in total. The summed E-state index contributed by atoms with van der Waals surface area (Å²) in [4.78, 5) is 6.20. The first kappa shape index (κ1) is 12.3. The van der Waals surface area contributed by atoms with Gasteiger partial charge < -0.3 is 9.64 Å². The van der Waals surface area contributed by atoms with Gasteiger partial charge in [0.2, 0.25) is 0 Å². The SMILES string of the molecule is CCCCc1cnc(N2CCOCC2)c(F)c1. The van der Waals surface area contributed by atoms with Crippen LogP contribution >= 0.6 is 0 Å². The molecule has 2 rings (SSSR count). The van der Waals surface area contributed by atoms with Crippen molar-refractivity contribution in [3.63, 3.8) is 0 Å². The Morgan fingerprint density at radius 2 is 2.18 bits per heavy atom. The van der Waals surface area contributed by atoms with Gasteiger partial charge in [-0.3, -0.25) is 0 Å². The average Bonchev–Trinajstić information content (AvgIpc) is 2.37. The lowest BCUT2D eigenvalue weighted by atomic mass is 10.1. The highest BCUT2D eigenvalue weighted by atomic mass is 19.1. The molecule has 1 aliphatic rings. The molecule has 0 aromatic carbocycles. The largest absolute Gasteiger partial charge is 0.378 e. The Bertz CT molecular complexity index is 364. The number of morpholine rings is 1. The molecule has 3 nitrogen and oxygen atoms in total. The number of hydrogen-bond donors (Lipinski definition) is 0. The van der Waals surface area contributed by atoms with Gasteiger partial charge >= 0.3 is 0 Å². The molecule has 1 aromatic heterocycles. The molecular formula is C13H19FN2O. The van der Waals surface area contributed by atoms with Gasteiger partial charge in [0, 0.05) is 19.3 Å². The topological polar surface area (TPSA) is 25.4 Å². The summed E-state index contributed by atoms with van der Waals surface area (Å²) in [5, 5.41) is 0. The summed E-state index contributed by atoms with van der Waals surface area (Å²) < 4.78 is 19.2. The van der Waals surface area contributed by atoms with Crippen molar-refractivity contribution in [1.82, 2.24) is 4.98 Å². The molecule has 4 heteroatoms. The number of aromatic nitrogens is 1. The average molecular weight is 238 g/mol. The second kappa shape index (κ2) is 5.96. The maximum atomic E-state index is 13.9. The highest BCUT2D eigenvalue weighted by Crippen LogP contribution is 2.19. The van der Waals surface area contributed by atoms with Gasteiger partial charge in [0.1, 0.15) is 0 Å². The van der Waals surface area contributed by atoms with E-state index in [1.807, 2.05) is 4.90 Å². The van der Waals surface area contributed by atoms with E-state index in [1.54, 1.807) is 12.3 Å². The fourth-order valence-electron chi connectivity index (χ4n) is 2.00. The van der Waals surface area contributed by atoms with Crippen molar-refractivity contribution >= 4 is 5.82 Å². The molecule has 2 heterocycles. The Morgan fingerprint density at radius 3 is 2.82 bits per heavy atom. The second-order valence-electron chi connectivity index (χ2n) is 4.35. The molecule has 17 heavy (non-hydrogen) atoms. The van der Waals surface area contributed by atoms with Gasteiger partial charge in [-0.1, -0.05) is 13.3 Å². The molecule has 0 unspecified atom stereocenters. The number of anilines is 1. The van der Waals surface area contributed by atoms with Crippen molar-refractivity contribution in [2.24, 2.45) is 0 Å². The minimum atomic E-state index is -0.208. The summed E-state index contributed by atoms with van der Waals surface area (Å²) >= 11 is 0. The maximum Gasteiger partial charge on any atom is 0.165 e. The van der Waals surface area contributed by atoms with Crippen LogP contribution < -0.4 is 4.90 Å². The van der Waals surface area contributed by atoms with Crippen LogP contribution in [0.1, 0.15) is 25.3 Å². The molecule has 0 spiro atoms. The molecule has 1 fully saturated rings. The van der Waals surface area contributed by atoms with Crippen LogP contribution in [-0.2, 0) is 11.2 Å². The molecule has 94 valence electrons. The number of halogens is 1. The molecule has 0 saturated carbocycles. The smallest absolute Gasteiger partial charge is 0.165 e. The first-order valence-electron chi connectivity index (χ1n) is 6.28. The predicted molar refractivity (Wildman–Crippen MR) is 65.8 cm³/mol. The van der Waals surface area contributed by atoms with Crippen LogP contribution in [0.5, 0.6) is 0 Å². The number of unbranched alkanes of at least 4 members (excludes halogenated alkanes) is 1. The van der Waals surface area contributed by atoms with Crippen molar-refractivity contribution in [3.05, 3.63) is 23.6 Å². The lowest BCUT2D eigenvalue weighted by Gasteiger charge is -2.28. The first-order chi connectivity index (χ1) is 8.31. The van der Waals surface area contributed by atoms with Crippen molar-refractivity contribution in [1.29, 1.82) is 0 Å². The van der Waals surface area contributed by atoms with Crippen LogP contribution in [0.25, 0.3) is 0 Å². The van der Waals surface area contributed by atoms with Gasteiger partial charge in [-0.2, -0.15) is 0 Å². The molecule has 0 aliphatic carbocycles. The van der Waals surface area contributed by atoms with Crippen LogP contribution in [0.2, 0.25) is 0 Å². The third kappa shape index (κ3) is 3.16. The van der Waals surface area contributed by atoms with Gasteiger partial charge in [-0.25, -0.2) is 9.37 Å². The molecule has 0 atom stereocenters. The molecule has 0 amide bonds. The second-order valence-corrected chi connectivity index (χ2v) is 4.35. The fraction of sp³-hybridized carbons (Fsp3) is 0.615. The lowest BCUT2D eigenvalue weighted by molar-refractivity contribution is 0.122. The lowest BCUT2D eigenvalue weighted by Crippen LogP contribution is -2.37. The normalized spacial score (nSPS) is 16.2. The monoisotopic (exact) mass is 238 g/mol. The summed E-state index contributed by atoms with van der Waals surface area (Å²) in [5.41, 5.74) is 0.987. The van der Waals surface area contributed by atoms with E-state index < -0.39 is 0 Å². The Balaban J connectivity index is 2.07. The highest BCUT2D eigenvalue weighted by molar-refractivity contribution is 5.41. The van der Waals surface area contributed by atoms with E-state index in [0.29, 0.717) is 19.0 Å². The summed E-state index contributed by atoms with van der Waals surface area (Å²) in [7, 11) is 0. The molecule has 1 aromatic rings. The number of pyridine rings is 1. The summed E-state index contributed by atoms with van der Waals surface area (Å²) in [6, 6.07) is 1.62. The third-order valence-electron chi connectivity index (χ3n) is 3.01. The van der Waals surface area contributed by atoms with Gasteiger partial charge in [-0.05, 0) is 24.5 Å². The minimum absolute atomic E-state index is 0.208. The zero-order valence-electron chi connectivity index (χ0n) is 10.3. The molecule has 1 aliphatic heterocycles. The zero-order chi connectivity index (χ0) is 12.1. The van der Waals surface area contributed by atoms with Crippen LogP contribution in [-0.4, -0.2) is 31.3 Å². The number of hydrogen-bond acceptors (Lipinski definition) is 3. The van der Waals surface area contributed by atoms with Gasteiger partial charge in [0.15, 0.2) is 11.6 Å². The van der Waals surface area contributed by atoms with Crippen LogP contribution in [0, 0.1) is 5.82 Å². The Hall–Kier alpha value is -1.16. The number of nitrogens with zero attached hydrogens (tertiary/aromatic N) is 2. The van der Waals surface area contributed by atoms with Gasteiger partial charge in [0.05, 0.1) is 13.2 Å². The Labute approximate surface area is 102 Å². The molecular weight excluding hydrogens is 219 g/mol. The summed E-state index contributed by atoms with van der Waals surface area (Å²) in [6.45, 7) is 4.87. The van der Waals surface area contributed by atoms with Crippen molar-refractivity contribution in [2.75, 3.05) is 31.2 Å². The van der Waals surface area contributed by atoms with E-state index in [-0.39, 0.29) is 5.82 Å². The Kier molecular flexibility index (Phi) is 4.31. The maximum absolute atomic E-state index is 13.9. The number of ether oxygens (including phenoxy) is 1. The number of rotatable bonds is 4. The summed E-state index contributed by atoms with van der Waals surface area (Å²) in [5.74, 6) is 0.258. The van der Waals surface area contributed by atoms with Crippen molar-refractivity contribution in [3.8, 4) is 0 Å². The third-order valence-corrected chi connectivity index (χ3v) is 3.01. The van der Waals surface area contributed by atoms with E-state index in [2.05, 4.69) is 11.9 Å². The van der Waals surface area contributed by atoms with Gasteiger partial charge in [-0.15, -0.1) is 0 Å². The van der Waals surface area contributed by atoms with Crippen molar-refractivity contribution < 1.29 is 9.13 Å². The summed E-state index contributed by atoms with van der Waals surface area (Å²) in [6.07, 6.45) is 4.90. The molecule has 0 bridgehead atoms. The number of aryl methyl sites for hydroxylation is 1. The van der Waals surface area contributed by atoms with E-state index in [0.717, 1.165) is 37.9 Å². The fourth-order valence-corrected chi connectivity index (χ4v) is 2.00. The van der Waals surface area contributed by atoms with Gasteiger partial charge in [0.25, 0.3) is 0 Å². The van der Waals surface area contributed by atoms with E-state index in [4.69, 9.17) is 4.74 Å². The van der Waals surface area contributed by atoms with Crippen LogP contribution in [0.15, 0.2) is 12.3 Å². The molecule has 1 saturated heterocycles.